The molecule has 0 bridgehead atoms. The number of sulfonamides is 1. The maximum absolute atomic E-state index is 13.4. The van der Waals surface area contributed by atoms with Gasteiger partial charge >= 0.3 is 0 Å². The highest BCUT2D eigenvalue weighted by molar-refractivity contribution is 7.93. The molecule has 0 atom stereocenters. The van der Waals surface area contributed by atoms with Gasteiger partial charge < -0.3 is 9.83 Å². The molecular formula is C20H21N3O5S2. The van der Waals surface area contributed by atoms with Gasteiger partial charge in [-0.2, -0.15) is 0 Å². The van der Waals surface area contributed by atoms with Crippen molar-refractivity contribution in [3.63, 3.8) is 0 Å². The van der Waals surface area contributed by atoms with Crippen LogP contribution >= 0.6 is 11.3 Å². The van der Waals surface area contributed by atoms with E-state index in [2.05, 4.69) is 9.68 Å². The number of amides is 1. The quantitative estimate of drug-likeness (QED) is 0.535. The van der Waals surface area contributed by atoms with Crippen molar-refractivity contribution in [2.45, 2.75) is 39.4 Å². The number of aromatic nitrogens is 1. The number of benzene rings is 1. The summed E-state index contributed by atoms with van der Waals surface area (Å²) in [5.41, 5.74) is -2.81. The van der Waals surface area contributed by atoms with Gasteiger partial charge in [-0.15, -0.1) is 11.3 Å². The van der Waals surface area contributed by atoms with Crippen LogP contribution in [0.2, 0.25) is 2.82 Å². The summed E-state index contributed by atoms with van der Waals surface area (Å²) in [7, 11) is -5.14. The topological polar surface area (TPSA) is 118 Å². The lowest BCUT2D eigenvalue weighted by atomic mass is 10.0. The minimum absolute atomic E-state index is 0.00584. The van der Waals surface area contributed by atoms with Gasteiger partial charge in [-0.25, -0.2) is 13.1 Å². The second-order valence-corrected chi connectivity index (χ2v) is 8.58. The minimum atomic E-state index is -5.14. The lowest BCUT2D eigenvalue weighted by Crippen LogP contribution is -2.20. The summed E-state index contributed by atoms with van der Waals surface area (Å²) in [6.07, 6.45) is 0. The van der Waals surface area contributed by atoms with Gasteiger partial charge in [0.05, 0.1) is 14.1 Å². The smallest absolute Gasteiger partial charge is 0.267 e. The van der Waals surface area contributed by atoms with Crippen molar-refractivity contribution >= 4 is 44.6 Å². The maximum atomic E-state index is 13.4. The molecule has 0 spiro atoms. The Hall–Kier alpha value is -2.98. The van der Waals surface area contributed by atoms with E-state index in [1.54, 1.807) is 0 Å². The van der Waals surface area contributed by atoms with Crippen LogP contribution < -0.4 is 10.0 Å². The zero-order chi connectivity index (χ0) is 30.7. The molecule has 10 heteroatoms. The van der Waals surface area contributed by atoms with E-state index in [-0.39, 0.29) is 34.1 Å². The summed E-state index contributed by atoms with van der Waals surface area (Å²) in [6, 6.07) is 0.310. The average molecular weight is 458 g/mol. The third-order valence-corrected chi connectivity index (χ3v) is 6.16. The predicted octanol–water partition coefficient (Wildman–Crippen LogP) is 4.23. The third kappa shape index (κ3) is 4.14. The van der Waals surface area contributed by atoms with Crippen molar-refractivity contribution in [1.82, 2.24) is 5.16 Å². The van der Waals surface area contributed by atoms with Crippen molar-refractivity contribution in [3.05, 3.63) is 56.4 Å². The molecule has 0 saturated carbocycles. The highest BCUT2D eigenvalue weighted by Crippen LogP contribution is 2.29. The zero-order valence-electron chi connectivity index (χ0n) is 25.9. The Kier molecular flexibility index (Phi) is 3.22. The van der Waals surface area contributed by atoms with Crippen LogP contribution in [0.15, 0.2) is 32.9 Å². The van der Waals surface area contributed by atoms with Gasteiger partial charge in [0.15, 0.2) is 8.61 Å². The summed E-state index contributed by atoms with van der Waals surface area (Å²) in [6.45, 7) is -2.51. The number of carbonyl (C=O) groups excluding carboxylic acids is 2. The summed E-state index contributed by atoms with van der Waals surface area (Å²) in [5.74, 6) is -3.21. The highest BCUT2D eigenvalue weighted by Gasteiger charge is 2.27. The molecule has 0 saturated heterocycles. The van der Waals surface area contributed by atoms with Crippen LogP contribution in [0.5, 0.6) is 0 Å². The standard InChI is InChI=1S/C20H21N3O5S2/c1-10-8-11(2)17(15(9-10)14(5)24)21-19(25)18-16(6-7-29-18)30(26,27)23-20-12(3)13(4)22-28-20/h6-9,23H,1-5H3,(H,21,25)/i3D3,4D3,8D,9D/hD2. The SMILES string of the molecule is [2H]c1c(C)c([2H])c(C(C)=O)c(N([2H])C(=O)c2sccc2S(=O)(=O)N([2H])c2onc(C([2H])([2H])[2H])c2C([2H])([2H])[2H])c1C. The first-order valence-electron chi connectivity index (χ1n) is 13.1. The van der Waals surface area contributed by atoms with E-state index >= 15 is 0 Å². The van der Waals surface area contributed by atoms with Crippen molar-refractivity contribution in [2.24, 2.45) is 0 Å². The lowest BCUT2D eigenvalue weighted by molar-refractivity contribution is 0.101. The van der Waals surface area contributed by atoms with Gasteiger partial charge in [-0.05, 0) is 63.1 Å². The molecule has 1 aromatic carbocycles. The second-order valence-electron chi connectivity index (χ2n) is 6.09. The number of nitrogens with zero attached hydrogens (tertiary/aromatic N) is 1. The van der Waals surface area contributed by atoms with Crippen LogP contribution in [0.25, 0.3) is 0 Å². The molecule has 0 fully saturated rings. The Labute approximate surface area is 192 Å². The first-order valence-corrected chi connectivity index (χ1v) is 10.5. The van der Waals surface area contributed by atoms with Crippen molar-refractivity contribution in [3.8, 4) is 0 Å². The number of nitrogens with one attached hydrogen (secondary N) is 2. The molecule has 8 nitrogen and oxygen atoms in total. The Morgan fingerprint density at radius 1 is 1.30 bits per heavy atom. The molecule has 3 aromatic rings. The molecule has 0 unspecified atom stereocenters. The van der Waals surface area contributed by atoms with Gasteiger partial charge in [-0.3, -0.25) is 9.59 Å². The van der Waals surface area contributed by atoms with Gasteiger partial charge in [0, 0.05) is 19.4 Å². The van der Waals surface area contributed by atoms with Gasteiger partial charge in [0.2, 0.25) is 5.88 Å². The van der Waals surface area contributed by atoms with Crippen molar-refractivity contribution < 1.29 is 36.3 Å². The van der Waals surface area contributed by atoms with E-state index in [9.17, 15) is 18.0 Å². The van der Waals surface area contributed by atoms with E-state index in [0.717, 1.165) is 18.4 Å². The van der Waals surface area contributed by atoms with Crippen molar-refractivity contribution in [2.75, 3.05) is 10.0 Å². The van der Waals surface area contributed by atoms with Gasteiger partial charge in [0.25, 0.3) is 15.9 Å². The molecule has 158 valence electrons. The third-order valence-electron chi connectivity index (χ3n) is 3.82. The summed E-state index contributed by atoms with van der Waals surface area (Å²) in [5, 5.41) is 4.48. The number of Topliss-reactive ketones (excluding diaryl/α,β-unsaturated/α-hetero) is 1. The molecule has 2 N–H and O–H groups in total. The molecule has 0 aliphatic carbocycles. The largest absolute Gasteiger partial charge is 0.337 e. The summed E-state index contributed by atoms with van der Waals surface area (Å²) >= 11 is 0.545. The molecule has 1 amide bonds. The molecule has 0 aliphatic rings. The number of anilines is 2. The average Bonchev–Trinajstić information content (AvgIpc) is 3.51. The fourth-order valence-electron chi connectivity index (χ4n) is 2.51. The summed E-state index contributed by atoms with van der Waals surface area (Å²) in [4.78, 5) is 24.3. The number of aryl methyl sites for hydroxylation is 1. The monoisotopic (exact) mass is 457 g/mol. The Morgan fingerprint density at radius 2 is 2.07 bits per heavy atom. The van der Waals surface area contributed by atoms with E-state index < -0.39 is 72.7 Å². The predicted molar refractivity (Wildman–Crippen MR) is 115 cm³/mol. The fraction of sp³-hybridized carbons (Fsp3) is 0.250. The number of rotatable bonds is 6. The Morgan fingerprint density at radius 3 is 2.73 bits per heavy atom. The number of hydrogen-bond acceptors (Lipinski definition) is 7. The first kappa shape index (κ1) is 12.0. The fourth-order valence-corrected chi connectivity index (χ4v) is 4.73. The highest BCUT2D eigenvalue weighted by atomic mass is 32.2. The second kappa shape index (κ2) is 8.04. The van der Waals surface area contributed by atoms with Gasteiger partial charge in [-0.1, -0.05) is 11.2 Å². The first-order chi connectivity index (χ1) is 18.2. The van der Waals surface area contributed by atoms with Crippen LogP contribution in [0.1, 0.15) is 60.3 Å². The number of thiophene rings is 1. The normalized spacial score (nSPS) is 17.0. The minimum Gasteiger partial charge on any atom is -0.337 e. The molecule has 0 radical (unpaired) electrons. The van der Waals surface area contributed by atoms with Crippen LogP contribution in [-0.2, 0) is 10.0 Å². The van der Waals surface area contributed by atoms with E-state index in [1.807, 2.05) is 0 Å². The molecular weight excluding hydrogens is 426 g/mol. The van der Waals surface area contributed by atoms with Crippen LogP contribution in [0.4, 0.5) is 11.6 Å². The van der Waals surface area contributed by atoms with E-state index in [0.29, 0.717) is 11.3 Å². The molecule has 3 rings (SSSR count). The molecule has 2 heterocycles. The van der Waals surface area contributed by atoms with Gasteiger partial charge in [0.1, 0.15) is 9.77 Å². The van der Waals surface area contributed by atoms with Crippen LogP contribution in [-0.4, -0.2) is 25.3 Å². The molecule has 0 aliphatic heterocycles. The molecule has 2 aromatic heterocycles. The number of hydrogen-bond donors (Lipinski definition) is 2. The summed E-state index contributed by atoms with van der Waals surface area (Å²) < 4.78 is 110. The van der Waals surface area contributed by atoms with Crippen LogP contribution in [0.3, 0.4) is 0 Å². The number of carbonyl (C=O) groups is 2. The van der Waals surface area contributed by atoms with Crippen molar-refractivity contribution in [1.29, 1.82) is 0 Å². The number of ketones is 1. The van der Waals surface area contributed by atoms with E-state index in [4.69, 9.17) is 13.8 Å². The maximum Gasteiger partial charge on any atom is 0.267 e. The molecule has 30 heavy (non-hydrogen) atoms. The van der Waals surface area contributed by atoms with Crippen LogP contribution in [0, 0.1) is 27.6 Å². The Bertz CT molecular complexity index is 1630. The zero-order valence-corrected chi connectivity index (χ0v) is 17.5. The van der Waals surface area contributed by atoms with E-state index in [1.165, 1.54) is 13.8 Å². The lowest BCUT2D eigenvalue weighted by Gasteiger charge is -2.14. The Balaban J connectivity index is 2.16.